The van der Waals surface area contributed by atoms with Gasteiger partial charge in [-0.2, -0.15) is 0 Å². The topological polar surface area (TPSA) is 111 Å². The molecule has 0 unspecified atom stereocenters. The number of carbonyl (C=O) groups is 1. The molecule has 36 heavy (non-hydrogen) atoms. The number of oxazole rings is 1. The van der Waals surface area contributed by atoms with Gasteiger partial charge in [0.25, 0.3) is 11.6 Å². The molecule has 0 radical (unpaired) electrons. The molecule has 0 spiro atoms. The average Bonchev–Trinajstić information content (AvgIpc) is 3.33. The van der Waals surface area contributed by atoms with Crippen molar-refractivity contribution in [2.75, 3.05) is 36.5 Å². The molecule has 184 valence electrons. The lowest BCUT2D eigenvalue weighted by atomic mass is 10.1. The first-order chi connectivity index (χ1) is 17.4. The Hall–Kier alpha value is -3.95. The highest BCUT2D eigenvalue weighted by atomic mass is 35.5. The summed E-state index contributed by atoms with van der Waals surface area (Å²) in [4.78, 5) is 30.7. The molecule has 1 aromatic heterocycles. The Bertz CT molecular complexity index is 1460. The number of ether oxygens (including phenoxy) is 1. The number of carbonyl (C=O) groups excluding carboxylic acids is 1. The zero-order chi connectivity index (χ0) is 25.2. The molecule has 1 aliphatic rings. The summed E-state index contributed by atoms with van der Waals surface area (Å²) in [5, 5.41) is 14.8. The van der Waals surface area contributed by atoms with Crippen LogP contribution < -0.4 is 10.2 Å². The molecule has 5 rings (SSSR count). The molecule has 1 fully saturated rings. The summed E-state index contributed by atoms with van der Waals surface area (Å²) < 4.78 is 11.2. The second kappa shape index (κ2) is 9.96. The summed E-state index contributed by atoms with van der Waals surface area (Å²) >= 11 is 6.35. The maximum atomic E-state index is 13.0. The Morgan fingerprint density at radius 2 is 1.94 bits per heavy atom. The van der Waals surface area contributed by atoms with Crippen molar-refractivity contribution < 1.29 is 18.9 Å². The van der Waals surface area contributed by atoms with E-state index in [-0.39, 0.29) is 11.3 Å². The maximum absolute atomic E-state index is 13.0. The number of nitro benzene ring substituents is 1. The quantitative estimate of drug-likeness (QED) is 0.263. The first-order valence-corrected chi connectivity index (χ1v) is 11.9. The van der Waals surface area contributed by atoms with E-state index in [1.54, 1.807) is 30.3 Å². The predicted octanol–water partition coefficient (Wildman–Crippen LogP) is 5.71. The summed E-state index contributed by atoms with van der Waals surface area (Å²) in [6, 6.07) is 15.4. The van der Waals surface area contributed by atoms with Crippen LogP contribution in [0.15, 0.2) is 59.0 Å². The molecule has 3 aromatic carbocycles. The minimum absolute atomic E-state index is 0.137. The minimum Gasteiger partial charge on any atom is -0.436 e. The van der Waals surface area contributed by atoms with E-state index >= 15 is 0 Å². The lowest BCUT2D eigenvalue weighted by molar-refractivity contribution is -0.384. The lowest BCUT2D eigenvalue weighted by Crippen LogP contribution is -2.36. The standard InChI is InChI=1S/C26H23ClN4O5/c1-2-16-3-8-24-21(13-16)29-26(36-24)18-4-6-19(27)20(14-18)28-25(32)17-5-7-22(23(15-17)31(33)34)30-9-11-35-12-10-30/h3-8,13-15H,2,9-12H2,1H3,(H,28,32). The molecule has 0 atom stereocenters. The van der Waals surface area contributed by atoms with Crippen LogP contribution in [0.5, 0.6) is 0 Å². The van der Waals surface area contributed by atoms with Gasteiger partial charge in [-0.25, -0.2) is 4.98 Å². The van der Waals surface area contributed by atoms with Crippen LogP contribution in [-0.2, 0) is 11.2 Å². The van der Waals surface area contributed by atoms with Crippen molar-refractivity contribution in [1.82, 2.24) is 4.98 Å². The second-order valence-corrected chi connectivity index (χ2v) is 8.79. The van der Waals surface area contributed by atoms with E-state index in [4.69, 9.17) is 20.8 Å². The molecule has 0 bridgehead atoms. The number of rotatable bonds is 6. The van der Waals surface area contributed by atoms with E-state index in [1.165, 1.54) is 6.07 Å². The average molecular weight is 507 g/mol. The van der Waals surface area contributed by atoms with Crippen LogP contribution in [-0.4, -0.2) is 42.1 Å². The molecule has 1 N–H and O–H groups in total. The number of nitrogens with zero attached hydrogens (tertiary/aromatic N) is 3. The second-order valence-electron chi connectivity index (χ2n) is 8.38. The van der Waals surface area contributed by atoms with Gasteiger partial charge in [-0.15, -0.1) is 0 Å². The molecular formula is C26H23ClN4O5. The number of nitro groups is 1. The van der Waals surface area contributed by atoms with Gasteiger partial charge in [0.15, 0.2) is 5.58 Å². The Morgan fingerprint density at radius 3 is 2.69 bits per heavy atom. The fourth-order valence-electron chi connectivity index (χ4n) is 4.15. The predicted molar refractivity (Wildman–Crippen MR) is 138 cm³/mol. The molecule has 4 aromatic rings. The van der Waals surface area contributed by atoms with Gasteiger partial charge in [0.1, 0.15) is 11.2 Å². The van der Waals surface area contributed by atoms with Crippen molar-refractivity contribution in [2.24, 2.45) is 0 Å². The Kier molecular flexibility index (Phi) is 6.58. The SMILES string of the molecule is CCc1ccc2oc(-c3ccc(Cl)c(NC(=O)c4ccc(N5CCOCC5)c([N+](=O)[O-])c4)c3)nc2c1. The van der Waals surface area contributed by atoms with Crippen LogP contribution in [0.3, 0.4) is 0 Å². The zero-order valence-corrected chi connectivity index (χ0v) is 20.2. The number of hydrogen-bond donors (Lipinski definition) is 1. The van der Waals surface area contributed by atoms with Crippen molar-refractivity contribution in [3.05, 3.63) is 80.9 Å². The molecule has 10 heteroatoms. The molecule has 9 nitrogen and oxygen atoms in total. The van der Waals surface area contributed by atoms with E-state index in [9.17, 15) is 14.9 Å². The molecule has 2 heterocycles. The fraction of sp³-hybridized carbons (Fsp3) is 0.231. The number of aryl methyl sites for hydroxylation is 1. The van der Waals surface area contributed by atoms with E-state index in [0.29, 0.717) is 59.7 Å². The van der Waals surface area contributed by atoms with Crippen LogP contribution in [0.1, 0.15) is 22.8 Å². The Labute approximate surface area is 211 Å². The molecule has 1 saturated heterocycles. The van der Waals surface area contributed by atoms with Crippen molar-refractivity contribution in [3.63, 3.8) is 0 Å². The van der Waals surface area contributed by atoms with Crippen LogP contribution in [0, 0.1) is 10.1 Å². The normalized spacial score (nSPS) is 13.7. The third kappa shape index (κ3) is 4.75. The highest BCUT2D eigenvalue weighted by molar-refractivity contribution is 6.34. The van der Waals surface area contributed by atoms with Crippen LogP contribution in [0.2, 0.25) is 5.02 Å². The summed E-state index contributed by atoms with van der Waals surface area (Å²) in [6.07, 6.45) is 0.890. The molecule has 0 aliphatic carbocycles. The van der Waals surface area contributed by atoms with Crippen molar-refractivity contribution >= 4 is 45.7 Å². The first kappa shape index (κ1) is 23.8. The number of anilines is 2. The van der Waals surface area contributed by atoms with Gasteiger partial charge in [-0.1, -0.05) is 24.6 Å². The molecule has 1 amide bonds. The number of morpholine rings is 1. The summed E-state index contributed by atoms with van der Waals surface area (Å²) in [6.45, 7) is 4.15. The largest absolute Gasteiger partial charge is 0.436 e. The highest BCUT2D eigenvalue weighted by Crippen LogP contribution is 2.33. The number of nitrogens with one attached hydrogen (secondary N) is 1. The number of halogens is 1. The summed E-state index contributed by atoms with van der Waals surface area (Å²) in [5.41, 5.74) is 4.01. The third-order valence-electron chi connectivity index (χ3n) is 6.11. The molecule has 0 saturated carbocycles. The van der Waals surface area contributed by atoms with Crippen LogP contribution >= 0.6 is 11.6 Å². The fourth-order valence-corrected chi connectivity index (χ4v) is 4.31. The van der Waals surface area contributed by atoms with Gasteiger partial charge in [0.2, 0.25) is 5.89 Å². The number of fused-ring (bicyclic) bond motifs is 1. The number of amides is 1. The monoisotopic (exact) mass is 506 g/mol. The summed E-state index contributed by atoms with van der Waals surface area (Å²) in [5.74, 6) is -0.119. The van der Waals surface area contributed by atoms with Gasteiger partial charge in [-0.3, -0.25) is 14.9 Å². The van der Waals surface area contributed by atoms with E-state index in [2.05, 4.69) is 17.2 Å². The minimum atomic E-state index is -0.518. The van der Waals surface area contributed by atoms with Crippen molar-refractivity contribution in [2.45, 2.75) is 13.3 Å². The van der Waals surface area contributed by atoms with Crippen molar-refractivity contribution in [3.8, 4) is 11.5 Å². The van der Waals surface area contributed by atoms with Gasteiger partial charge >= 0.3 is 0 Å². The highest BCUT2D eigenvalue weighted by Gasteiger charge is 2.24. The number of aromatic nitrogens is 1. The van der Waals surface area contributed by atoms with E-state index in [1.807, 2.05) is 23.1 Å². The lowest BCUT2D eigenvalue weighted by Gasteiger charge is -2.28. The van der Waals surface area contributed by atoms with Gasteiger partial charge < -0.3 is 19.4 Å². The number of hydrogen-bond acceptors (Lipinski definition) is 7. The summed E-state index contributed by atoms with van der Waals surface area (Å²) in [7, 11) is 0. The van der Waals surface area contributed by atoms with Crippen molar-refractivity contribution in [1.29, 1.82) is 0 Å². The third-order valence-corrected chi connectivity index (χ3v) is 6.44. The Morgan fingerprint density at radius 1 is 1.14 bits per heavy atom. The van der Waals surface area contributed by atoms with Gasteiger partial charge in [0.05, 0.1) is 28.8 Å². The molecule has 1 aliphatic heterocycles. The Balaban J connectivity index is 1.41. The van der Waals surface area contributed by atoms with Gasteiger partial charge in [-0.05, 0) is 54.4 Å². The maximum Gasteiger partial charge on any atom is 0.293 e. The molecular weight excluding hydrogens is 484 g/mol. The van der Waals surface area contributed by atoms with E-state index in [0.717, 1.165) is 17.5 Å². The number of benzene rings is 3. The zero-order valence-electron chi connectivity index (χ0n) is 19.5. The smallest absolute Gasteiger partial charge is 0.293 e. The first-order valence-electron chi connectivity index (χ1n) is 11.5. The van der Waals surface area contributed by atoms with Crippen LogP contribution in [0.4, 0.5) is 17.1 Å². The van der Waals surface area contributed by atoms with E-state index < -0.39 is 10.8 Å². The van der Waals surface area contributed by atoms with Crippen LogP contribution in [0.25, 0.3) is 22.6 Å². The van der Waals surface area contributed by atoms with Gasteiger partial charge in [0, 0.05) is 30.3 Å².